The van der Waals surface area contributed by atoms with Crippen molar-refractivity contribution in [2.75, 3.05) is 6.61 Å². The molecule has 0 radical (unpaired) electrons. The Labute approximate surface area is 66.5 Å². The van der Waals surface area contributed by atoms with E-state index in [2.05, 4.69) is 11.9 Å². The smallest absolute Gasteiger partial charge is 0.336 e. The predicted molar refractivity (Wildman–Crippen MR) is 42.8 cm³/mol. The number of ether oxygens (including phenoxy) is 1. The van der Waals surface area contributed by atoms with E-state index in [1.54, 1.807) is 6.92 Å². The highest BCUT2D eigenvalue weighted by Crippen LogP contribution is 2.17. The van der Waals surface area contributed by atoms with Gasteiger partial charge in [0.1, 0.15) is 0 Å². The van der Waals surface area contributed by atoms with E-state index in [-0.39, 0.29) is 12.0 Å². The first-order valence-corrected chi connectivity index (χ1v) is 4.02. The van der Waals surface area contributed by atoms with Crippen LogP contribution in [0, 0.1) is 0 Å². The Hall–Kier alpha value is -0.860. The average Bonchev–Trinajstić information content (AvgIpc) is 2.69. The molecule has 0 aliphatic carbocycles. The lowest BCUT2D eigenvalue weighted by Gasteiger charge is -1.97. The SMILES string of the molecule is CCCC1=NC1C(=O)OCC. The zero-order chi connectivity index (χ0) is 8.27. The van der Waals surface area contributed by atoms with Crippen LogP contribution >= 0.6 is 0 Å². The molecule has 3 nitrogen and oxygen atoms in total. The zero-order valence-electron chi connectivity index (χ0n) is 6.96. The van der Waals surface area contributed by atoms with Gasteiger partial charge in [0, 0.05) is 5.71 Å². The number of hydrogen-bond donors (Lipinski definition) is 0. The van der Waals surface area contributed by atoms with Gasteiger partial charge in [0.2, 0.25) is 0 Å². The van der Waals surface area contributed by atoms with Gasteiger partial charge in [0.05, 0.1) is 6.61 Å². The Kier molecular flexibility index (Phi) is 2.63. The molecule has 0 fully saturated rings. The van der Waals surface area contributed by atoms with Crippen LogP contribution in [0.5, 0.6) is 0 Å². The summed E-state index contributed by atoms with van der Waals surface area (Å²) in [6.07, 6.45) is 1.98. The second-order valence-electron chi connectivity index (χ2n) is 2.53. The molecule has 1 atom stereocenters. The summed E-state index contributed by atoms with van der Waals surface area (Å²) in [7, 11) is 0. The molecule has 1 unspecified atom stereocenters. The molecule has 0 aromatic carbocycles. The standard InChI is InChI=1S/C8H13NO2/c1-3-5-6-7(9-6)8(10)11-4-2/h7H,3-5H2,1-2H3. The second-order valence-corrected chi connectivity index (χ2v) is 2.53. The van der Waals surface area contributed by atoms with Gasteiger partial charge in [-0.05, 0) is 13.3 Å². The van der Waals surface area contributed by atoms with Gasteiger partial charge >= 0.3 is 5.97 Å². The third kappa shape index (κ3) is 2.03. The van der Waals surface area contributed by atoms with Crippen molar-refractivity contribution in [2.45, 2.75) is 32.7 Å². The molecule has 1 heterocycles. The van der Waals surface area contributed by atoms with Crippen LogP contribution < -0.4 is 0 Å². The molecular formula is C8H13NO2. The lowest BCUT2D eigenvalue weighted by molar-refractivity contribution is -0.142. The van der Waals surface area contributed by atoms with Gasteiger partial charge in [-0.1, -0.05) is 13.3 Å². The van der Waals surface area contributed by atoms with Crippen molar-refractivity contribution in [2.24, 2.45) is 4.99 Å². The predicted octanol–water partition coefficient (Wildman–Crippen LogP) is 1.17. The van der Waals surface area contributed by atoms with Gasteiger partial charge in [-0.25, -0.2) is 4.79 Å². The molecule has 0 spiro atoms. The van der Waals surface area contributed by atoms with Crippen LogP contribution in [0.25, 0.3) is 0 Å². The zero-order valence-corrected chi connectivity index (χ0v) is 6.96. The third-order valence-corrected chi connectivity index (χ3v) is 1.56. The molecule has 1 rings (SSSR count). The summed E-state index contributed by atoms with van der Waals surface area (Å²) in [5, 5.41) is 0. The third-order valence-electron chi connectivity index (χ3n) is 1.56. The van der Waals surface area contributed by atoms with Crippen LogP contribution in [0.2, 0.25) is 0 Å². The lowest BCUT2D eigenvalue weighted by Crippen LogP contribution is -2.15. The number of carbonyl (C=O) groups excluding carboxylic acids is 1. The van der Waals surface area contributed by atoms with E-state index in [4.69, 9.17) is 4.74 Å². The molecule has 0 amide bonds. The normalized spacial score (nSPS) is 20.9. The topological polar surface area (TPSA) is 38.7 Å². The van der Waals surface area contributed by atoms with E-state index in [1.165, 1.54) is 0 Å². The van der Waals surface area contributed by atoms with Crippen LogP contribution in [0.4, 0.5) is 0 Å². The summed E-state index contributed by atoms with van der Waals surface area (Å²) in [5.74, 6) is -0.184. The first kappa shape index (κ1) is 8.24. The minimum absolute atomic E-state index is 0.184. The Bertz CT molecular complexity index is 187. The van der Waals surface area contributed by atoms with Gasteiger partial charge in [0.25, 0.3) is 0 Å². The van der Waals surface area contributed by atoms with Crippen LogP contribution in [-0.2, 0) is 9.53 Å². The number of carbonyl (C=O) groups is 1. The quantitative estimate of drug-likeness (QED) is 0.572. The van der Waals surface area contributed by atoms with Gasteiger partial charge in [-0.3, -0.25) is 4.99 Å². The molecular weight excluding hydrogens is 142 g/mol. The van der Waals surface area contributed by atoms with E-state index in [9.17, 15) is 4.79 Å². The van der Waals surface area contributed by atoms with Gasteiger partial charge in [0.15, 0.2) is 6.04 Å². The lowest BCUT2D eigenvalue weighted by atomic mass is 10.2. The van der Waals surface area contributed by atoms with Crippen LogP contribution in [0.15, 0.2) is 4.99 Å². The summed E-state index contributed by atoms with van der Waals surface area (Å²) in [6.45, 7) is 4.33. The van der Waals surface area contributed by atoms with Crippen LogP contribution in [-0.4, -0.2) is 24.3 Å². The number of aliphatic imine (C=N–C) groups is 1. The fourth-order valence-corrected chi connectivity index (χ4v) is 0.996. The molecule has 1 aliphatic heterocycles. The van der Waals surface area contributed by atoms with E-state index in [0.717, 1.165) is 18.6 Å². The summed E-state index contributed by atoms with van der Waals surface area (Å²) < 4.78 is 4.79. The largest absolute Gasteiger partial charge is 0.464 e. The maximum Gasteiger partial charge on any atom is 0.336 e. The highest BCUT2D eigenvalue weighted by molar-refractivity contribution is 6.16. The first-order valence-electron chi connectivity index (χ1n) is 4.02. The van der Waals surface area contributed by atoms with Crippen molar-refractivity contribution in [3.8, 4) is 0 Å². The van der Waals surface area contributed by atoms with Gasteiger partial charge < -0.3 is 4.74 Å². The monoisotopic (exact) mass is 155 g/mol. The first-order chi connectivity index (χ1) is 5.29. The van der Waals surface area contributed by atoms with E-state index in [1.807, 2.05) is 0 Å². The maximum absolute atomic E-state index is 11.0. The van der Waals surface area contributed by atoms with E-state index in [0.29, 0.717) is 6.61 Å². The Morgan fingerprint density at radius 2 is 2.36 bits per heavy atom. The maximum atomic E-state index is 11.0. The number of hydrogen-bond acceptors (Lipinski definition) is 3. The fraction of sp³-hybridized carbons (Fsp3) is 0.750. The Morgan fingerprint density at radius 3 is 2.91 bits per heavy atom. The van der Waals surface area contributed by atoms with Crippen molar-refractivity contribution in [3.05, 3.63) is 0 Å². The molecule has 0 bridgehead atoms. The minimum atomic E-state index is -0.213. The van der Waals surface area contributed by atoms with Gasteiger partial charge in [-0.2, -0.15) is 0 Å². The van der Waals surface area contributed by atoms with Crippen LogP contribution in [0.3, 0.4) is 0 Å². The van der Waals surface area contributed by atoms with E-state index >= 15 is 0 Å². The van der Waals surface area contributed by atoms with Crippen molar-refractivity contribution >= 4 is 11.7 Å². The molecule has 1 aliphatic rings. The molecule has 0 N–H and O–H groups in total. The highest BCUT2D eigenvalue weighted by atomic mass is 16.5. The average molecular weight is 155 g/mol. The molecule has 0 saturated carbocycles. The Balaban J connectivity index is 2.18. The number of rotatable bonds is 4. The molecule has 0 aromatic rings. The second kappa shape index (κ2) is 3.51. The van der Waals surface area contributed by atoms with Crippen molar-refractivity contribution in [1.82, 2.24) is 0 Å². The summed E-state index contributed by atoms with van der Waals surface area (Å²) >= 11 is 0. The Morgan fingerprint density at radius 1 is 1.64 bits per heavy atom. The molecule has 11 heavy (non-hydrogen) atoms. The minimum Gasteiger partial charge on any atom is -0.464 e. The number of esters is 1. The molecule has 62 valence electrons. The van der Waals surface area contributed by atoms with Crippen molar-refractivity contribution < 1.29 is 9.53 Å². The van der Waals surface area contributed by atoms with Crippen molar-refractivity contribution in [1.29, 1.82) is 0 Å². The highest BCUT2D eigenvalue weighted by Gasteiger charge is 2.34. The molecule has 3 heteroatoms. The summed E-state index contributed by atoms with van der Waals surface area (Å²) in [4.78, 5) is 15.0. The van der Waals surface area contributed by atoms with Crippen molar-refractivity contribution in [3.63, 3.8) is 0 Å². The number of nitrogens with zero attached hydrogens (tertiary/aromatic N) is 1. The van der Waals surface area contributed by atoms with Gasteiger partial charge in [-0.15, -0.1) is 0 Å². The molecule has 0 aromatic heterocycles. The van der Waals surface area contributed by atoms with E-state index < -0.39 is 0 Å². The fourth-order valence-electron chi connectivity index (χ4n) is 0.996. The molecule has 0 saturated heterocycles. The summed E-state index contributed by atoms with van der Waals surface area (Å²) in [6, 6.07) is -0.213. The van der Waals surface area contributed by atoms with Crippen LogP contribution in [0.1, 0.15) is 26.7 Å². The summed E-state index contributed by atoms with van der Waals surface area (Å²) in [5.41, 5.74) is 1.01.